The molecule has 18 heavy (non-hydrogen) atoms. The van der Waals surface area contributed by atoms with Crippen LogP contribution in [0.2, 0.25) is 5.02 Å². The van der Waals surface area contributed by atoms with Gasteiger partial charge in [0.05, 0.1) is 0 Å². The third kappa shape index (κ3) is 2.83. The van der Waals surface area contributed by atoms with E-state index in [1.54, 1.807) is 24.3 Å². The molecule has 2 N–H and O–H groups in total. The van der Waals surface area contributed by atoms with Crippen LogP contribution in [0.4, 0.5) is 5.69 Å². The molecule has 1 aromatic carbocycles. The molecule has 1 atom stereocenters. The summed E-state index contributed by atoms with van der Waals surface area (Å²) in [5.74, 6) is -0.902. The van der Waals surface area contributed by atoms with Crippen LogP contribution < -0.4 is 5.32 Å². The smallest absolute Gasteiger partial charge is 0.331 e. The summed E-state index contributed by atoms with van der Waals surface area (Å²) in [6, 6.07) is 8.20. The largest absolute Gasteiger partial charge is 0.479 e. The molecule has 1 aromatic heterocycles. The van der Waals surface area contributed by atoms with Crippen molar-refractivity contribution >= 4 is 34.6 Å². The first-order valence-corrected chi connectivity index (χ1v) is 6.62. The topological polar surface area (TPSA) is 49.3 Å². The summed E-state index contributed by atoms with van der Waals surface area (Å²) >= 11 is 7.31. The number of anilines is 1. The summed E-state index contributed by atoms with van der Waals surface area (Å²) in [6.45, 7) is 1.90. The van der Waals surface area contributed by atoms with Gasteiger partial charge in [-0.1, -0.05) is 17.7 Å². The van der Waals surface area contributed by atoms with Gasteiger partial charge < -0.3 is 10.4 Å². The molecule has 0 saturated heterocycles. The Morgan fingerprint density at radius 1 is 1.44 bits per heavy atom. The third-order valence-corrected chi connectivity index (χ3v) is 3.87. The Bertz CT molecular complexity index is 568. The third-order valence-electron chi connectivity index (χ3n) is 2.55. The van der Waals surface area contributed by atoms with Crippen LogP contribution in [0, 0.1) is 6.92 Å². The first kappa shape index (κ1) is 12.9. The molecule has 5 heteroatoms. The second-order valence-electron chi connectivity index (χ2n) is 3.89. The lowest BCUT2D eigenvalue weighted by Crippen LogP contribution is -2.20. The van der Waals surface area contributed by atoms with Crippen LogP contribution in [0.25, 0.3) is 0 Å². The van der Waals surface area contributed by atoms with Crippen LogP contribution in [0.15, 0.2) is 35.7 Å². The molecule has 3 nitrogen and oxygen atoms in total. The van der Waals surface area contributed by atoms with Gasteiger partial charge in [0.2, 0.25) is 0 Å². The van der Waals surface area contributed by atoms with E-state index in [0.717, 1.165) is 10.4 Å². The minimum Gasteiger partial charge on any atom is -0.479 e. The minimum absolute atomic E-state index is 0.576. The number of halogens is 1. The molecule has 2 rings (SSSR count). The predicted octanol–water partition coefficient (Wildman–Crippen LogP) is 3.95. The van der Waals surface area contributed by atoms with E-state index >= 15 is 0 Å². The highest BCUT2D eigenvalue weighted by Crippen LogP contribution is 2.28. The van der Waals surface area contributed by atoms with Gasteiger partial charge in [-0.05, 0) is 42.1 Å². The average molecular weight is 282 g/mol. The van der Waals surface area contributed by atoms with Crippen LogP contribution >= 0.6 is 22.9 Å². The fourth-order valence-corrected chi connectivity index (χ4v) is 2.82. The van der Waals surface area contributed by atoms with Crippen molar-refractivity contribution in [1.82, 2.24) is 0 Å². The van der Waals surface area contributed by atoms with Crippen molar-refractivity contribution in [2.75, 3.05) is 5.32 Å². The lowest BCUT2D eigenvalue weighted by atomic mass is 10.1. The van der Waals surface area contributed by atoms with Crippen molar-refractivity contribution in [2.24, 2.45) is 0 Å². The highest BCUT2D eigenvalue weighted by molar-refractivity contribution is 7.10. The van der Waals surface area contributed by atoms with E-state index in [9.17, 15) is 9.90 Å². The zero-order valence-corrected chi connectivity index (χ0v) is 11.3. The molecule has 1 heterocycles. The van der Waals surface area contributed by atoms with Crippen LogP contribution in [-0.4, -0.2) is 11.1 Å². The molecule has 0 saturated carbocycles. The lowest BCUT2D eigenvalue weighted by molar-refractivity contribution is -0.138. The van der Waals surface area contributed by atoms with Crippen molar-refractivity contribution in [3.05, 3.63) is 51.2 Å². The number of thiophene rings is 1. The van der Waals surface area contributed by atoms with E-state index in [2.05, 4.69) is 5.32 Å². The Kier molecular flexibility index (Phi) is 3.89. The SMILES string of the molecule is Cc1ccsc1C(Nc1cccc(Cl)c1)C(=O)O. The van der Waals surface area contributed by atoms with Crippen molar-refractivity contribution in [1.29, 1.82) is 0 Å². The number of carbonyl (C=O) groups is 1. The quantitative estimate of drug-likeness (QED) is 0.892. The van der Waals surface area contributed by atoms with Crippen LogP contribution in [0.3, 0.4) is 0 Å². The lowest BCUT2D eigenvalue weighted by Gasteiger charge is -2.15. The molecule has 0 amide bonds. The fraction of sp³-hybridized carbons (Fsp3) is 0.154. The van der Waals surface area contributed by atoms with E-state index in [-0.39, 0.29) is 0 Å². The van der Waals surface area contributed by atoms with Gasteiger partial charge in [0.15, 0.2) is 6.04 Å². The number of carboxylic acids is 1. The van der Waals surface area contributed by atoms with Gasteiger partial charge in [-0.25, -0.2) is 4.79 Å². The number of aryl methyl sites for hydroxylation is 1. The monoisotopic (exact) mass is 281 g/mol. The number of aliphatic carboxylic acids is 1. The van der Waals surface area contributed by atoms with Crippen LogP contribution in [0.5, 0.6) is 0 Å². The molecule has 0 spiro atoms. The molecule has 1 unspecified atom stereocenters. The molecule has 0 radical (unpaired) electrons. The second kappa shape index (κ2) is 5.42. The molecular weight excluding hydrogens is 270 g/mol. The highest BCUT2D eigenvalue weighted by Gasteiger charge is 2.22. The number of rotatable bonds is 4. The van der Waals surface area contributed by atoms with Gasteiger partial charge in [-0.15, -0.1) is 11.3 Å². The highest BCUT2D eigenvalue weighted by atomic mass is 35.5. The summed E-state index contributed by atoms with van der Waals surface area (Å²) in [7, 11) is 0. The Balaban J connectivity index is 2.28. The van der Waals surface area contributed by atoms with Crippen molar-refractivity contribution < 1.29 is 9.90 Å². The fourth-order valence-electron chi connectivity index (χ4n) is 1.66. The van der Waals surface area contributed by atoms with Gasteiger partial charge in [-0.3, -0.25) is 0 Å². The van der Waals surface area contributed by atoms with Crippen molar-refractivity contribution in [3.63, 3.8) is 0 Å². The summed E-state index contributed by atoms with van der Waals surface area (Å²) in [6.07, 6.45) is 0. The number of hydrogen-bond donors (Lipinski definition) is 2. The zero-order valence-electron chi connectivity index (χ0n) is 9.68. The maximum atomic E-state index is 11.4. The molecule has 0 aliphatic heterocycles. The van der Waals surface area contributed by atoms with Gasteiger partial charge in [-0.2, -0.15) is 0 Å². The van der Waals surface area contributed by atoms with Crippen molar-refractivity contribution in [2.45, 2.75) is 13.0 Å². The Hall–Kier alpha value is -1.52. The number of nitrogens with one attached hydrogen (secondary N) is 1. The van der Waals surface area contributed by atoms with E-state index in [1.165, 1.54) is 11.3 Å². The van der Waals surface area contributed by atoms with E-state index in [4.69, 9.17) is 11.6 Å². The Morgan fingerprint density at radius 3 is 2.78 bits per heavy atom. The van der Waals surface area contributed by atoms with Crippen molar-refractivity contribution in [3.8, 4) is 0 Å². The number of hydrogen-bond acceptors (Lipinski definition) is 3. The summed E-state index contributed by atoms with van der Waals surface area (Å²) in [5, 5.41) is 14.8. The van der Waals surface area contributed by atoms with E-state index < -0.39 is 12.0 Å². The van der Waals surface area contributed by atoms with Crippen LogP contribution in [-0.2, 0) is 4.79 Å². The first-order valence-electron chi connectivity index (χ1n) is 5.37. The standard InChI is InChI=1S/C13H12ClNO2S/c1-8-5-6-18-12(8)11(13(16)17)15-10-4-2-3-9(14)7-10/h2-7,11,15H,1H3,(H,16,17). The molecule has 94 valence electrons. The predicted molar refractivity (Wildman–Crippen MR) is 74.5 cm³/mol. The summed E-state index contributed by atoms with van der Waals surface area (Å²) in [5.41, 5.74) is 1.67. The number of benzene rings is 1. The minimum atomic E-state index is -0.902. The maximum absolute atomic E-state index is 11.4. The Morgan fingerprint density at radius 2 is 2.22 bits per heavy atom. The molecule has 0 aliphatic rings. The Labute approximate surface area is 114 Å². The summed E-state index contributed by atoms with van der Waals surface area (Å²) in [4.78, 5) is 12.2. The number of carboxylic acid groups (broad SMARTS) is 1. The molecular formula is C13H12ClNO2S. The summed E-state index contributed by atoms with van der Waals surface area (Å²) < 4.78 is 0. The maximum Gasteiger partial charge on any atom is 0.331 e. The van der Waals surface area contributed by atoms with Gasteiger partial charge in [0, 0.05) is 15.6 Å². The molecule has 2 aromatic rings. The van der Waals surface area contributed by atoms with E-state index in [1.807, 2.05) is 18.4 Å². The molecule has 0 fully saturated rings. The first-order chi connectivity index (χ1) is 8.58. The van der Waals surface area contributed by atoms with E-state index in [0.29, 0.717) is 10.7 Å². The van der Waals surface area contributed by atoms with Gasteiger partial charge in [0.1, 0.15) is 0 Å². The van der Waals surface area contributed by atoms with Gasteiger partial charge >= 0.3 is 5.97 Å². The molecule has 0 bridgehead atoms. The average Bonchev–Trinajstić information content (AvgIpc) is 2.72. The van der Waals surface area contributed by atoms with Gasteiger partial charge in [0.25, 0.3) is 0 Å². The second-order valence-corrected chi connectivity index (χ2v) is 5.28. The normalized spacial score (nSPS) is 12.1. The zero-order chi connectivity index (χ0) is 13.1. The van der Waals surface area contributed by atoms with Crippen LogP contribution in [0.1, 0.15) is 16.5 Å². The molecule has 0 aliphatic carbocycles.